The van der Waals surface area contributed by atoms with E-state index >= 15 is 0 Å². The molecule has 34 heavy (non-hydrogen) atoms. The van der Waals surface area contributed by atoms with Crippen LogP contribution in [0, 0.1) is 12.7 Å². The third kappa shape index (κ3) is 4.65. The summed E-state index contributed by atoms with van der Waals surface area (Å²) in [5.41, 5.74) is 4.09. The van der Waals surface area contributed by atoms with Crippen LogP contribution in [0.5, 0.6) is 5.75 Å². The molecule has 180 valence electrons. The first-order valence-corrected chi connectivity index (χ1v) is 11.8. The molecule has 1 saturated heterocycles. The molecule has 2 aromatic carbocycles. The number of halogens is 1. The van der Waals surface area contributed by atoms with Gasteiger partial charge >= 0.3 is 0 Å². The first-order chi connectivity index (χ1) is 16.4. The van der Waals surface area contributed by atoms with Gasteiger partial charge in [-0.05, 0) is 67.5 Å². The molecule has 0 spiro atoms. The number of aliphatic hydroxyl groups excluding tert-OH is 1. The Morgan fingerprint density at radius 2 is 1.88 bits per heavy atom. The number of aliphatic hydroxyl groups is 1. The summed E-state index contributed by atoms with van der Waals surface area (Å²) < 4.78 is 25.8. The van der Waals surface area contributed by atoms with Crippen molar-refractivity contribution in [3.8, 4) is 5.75 Å². The highest BCUT2D eigenvalue weighted by atomic mass is 19.1. The minimum atomic E-state index is -0.754. The highest BCUT2D eigenvalue weighted by Gasteiger charge is 2.30. The lowest BCUT2D eigenvalue weighted by atomic mass is 9.91. The van der Waals surface area contributed by atoms with Gasteiger partial charge in [-0.25, -0.2) is 4.39 Å². The number of fused-ring (bicyclic) bond motifs is 1. The van der Waals surface area contributed by atoms with E-state index in [-0.39, 0.29) is 36.1 Å². The van der Waals surface area contributed by atoms with Crippen molar-refractivity contribution < 1.29 is 28.6 Å². The van der Waals surface area contributed by atoms with Crippen LogP contribution in [-0.4, -0.2) is 54.9 Å². The van der Waals surface area contributed by atoms with E-state index in [1.165, 1.54) is 12.1 Å². The molecule has 5 rings (SSSR count). The Kier molecular flexibility index (Phi) is 6.27. The average Bonchev–Trinajstić information content (AvgIpc) is 3.48. The predicted molar refractivity (Wildman–Crippen MR) is 123 cm³/mol. The van der Waals surface area contributed by atoms with Gasteiger partial charge in [0.25, 0.3) is 11.8 Å². The molecule has 8 heteroatoms. The lowest BCUT2D eigenvalue weighted by Gasteiger charge is -2.28. The van der Waals surface area contributed by atoms with Crippen LogP contribution in [0.3, 0.4) is 0 Å². The summed E-state index contributed by atoms with van der Waals surface area (Å²) in [5, 5.41) is 15.9. The zero-order valence-corrected chi connectivity index (χ0v) is 19.2. The summed E-state index contributed by atoms with van der Waals surface area (Å²) in [6.45, 7) is 3.16. The second-order valence-corrected chi connectivity index (χ2v) is 9.36. The van der Waals surface area contributed by atoms with Gasteiger partial charge in [-0.3, -0.25) is 9.59 Å². The number of nitrogens with one attached hydrogen (secondary N) is 2. The van der Waals surface area contributed by atoms with Gasteiger partial charge in [0.1, 0.15) is 11.6 Å². The van der Waals surface area contributed by atoms with Crippen LogP contribution in [0.1, 0.15) is 62.2 Å². The van der Waals surface area contributed by atoms with Gasteiger partial charge < -0.3 is 25.2 Å². The summed E-state index contributed by atoms with van der Waals surface area (Å²) in [7, 11) is 0. The number of hydrogen-bond acceptors (Lipinski definition) is 5. The van der Waals surface area contributed by atoms with Crippen LogP contribution < -0.4 is 15.4 Å². The molecular formula is C26H29FN2O5. The fourth-order valence-electron chi connectivity index (χ4n) is 4.65. The van der Waals surface area contributed by atoms with Crippen LogP contribution in [0.25, 0.3) is 0 Å². The second kappa shape index (κ2) is 9.35. The van der Waals surface area contributed by atoms with Crippen molar-refractivity contribution in [3.05, 3.63) is 63.5 Å². The minimum Gasteiger partial charge on any atom is -0.492 e. The van der Waals surface area contributed by atoms with Crippen molar-refractivity contribution >= 4 is 11.8 Å². The van der Waals surface area contributed by atoms with Gasteiger partial charge in [0.2, 0.25) is 0 Å². The van der Waals surface area contributed by atoms with E-state index in [0.29, 0.717) is 49.4 Å². The third-order valence-corrected chi connectivity index (χ3v) is 6.84. The van der Waals surface area contributed by atoms with Gasteiger partial charge in [-0.2, -0.15) is 0 Å². The molecule has 0 bridgehead atoms. The summed E-state index contributed by atoms with van der Waals surface area (Å²) in [4.78, 5) is 25.4. The Balaban J connectivity index is 1.39. The SMILES string of the molecule is Cc1c(Cc2ccc(C(=O)NC3CC3)c(F)c2)cc(C(=O)N[C@H]2CCOC[C@@H]2O)c2c1CCO2. The van der Waals surface area contributed by atoms with Gasteiger partial charge in [0, 0.05) is 24.6 Å². The van der Waals surface area contributed by atoms with E-state index in [0.717, 1.165) is 29.5 Å². The Morgan fingerprint density at radius 3 is 2.62 bits per heavy atom. The minimum absolute atomic E-state index is 0.0461. The van der Waals surface area contributed by atoms with Crippen molar-refractivity contribution in [1.29, 1.82) is 0 Å². The fourth-order valence-corrected chi connectivity index (χ4v) is 4.65. The molecule has 2 heterocycles. The topological polar surface area (TPSA) is 96.9 Å². The molecule has 2 aromatic rings. The van der Waals surface area contributed by atoms with Crippen molar-refractivity contribution in [1.82, 2.24) is 10.6 Å². The average molecular weight is 469 g/mol. The zero-order chi connectivity index (χ0) is 23.8. The van der Waals surface area contributed by atoms with E-state index in [9.17, 15) is 19.1 Å². The number of rotatable bonds is 6. The third-order valence-electron chi connectivity index (χ3n) is 6.84. The van der Waals surface area contributed by atoms with E-state index in [1.807, 2.05) is 6.92 Å². The number of carbonyl (C=O) groups is 2. The van der Waals surface area contributed by atoms with Crippen molar-refractivity contribution in [2.45, 2.75) is 57.2 Å². The number of benzene rings is 2. The van der Waals surface area contributed by atoms with E-state index < -0.39 is 11.9 Å². The Hall–Kier alpha value is -2.97. The highest BCUT2D eigenvalue weighted by Crippen LogP contribution is 2.35. The van der Waals surface area contributed by atoms with Gasteiger partial charge in [0.15, 0.2) is 0 Å². The van der Waals surface area contributed by atoms with E-state index in [4.69, 9.17) is 9.47 Å². The van der Waals surface area contributed by atoms with E-state index in [2.05, 4.69) is 10.6 Å². The number of amides is 2. The normalized spacial score (nSPS) is 21.5. The van der Waals surface area contributed by atoms with Crippen LogP contribution in [-0.2, 0) is 17.6 Å². The molecule has 0 unspecified atom stereocenters. The predicted octanol–water partition coefficient (Wildman–Crippen LogP) is 2.43. The first-order valence-electron chi connectivity index (χ1n) is 11.8. The number of ether oxygens (including phenoxy) is 2. The molecule has 3 N–H and O–H groups in total. The summed E-state index contributed by atoms with van der Waals surface area (Å²) in [6.07, 6.45) is 2.78. The Morgan fingerprint density at radius 1 is 1.09 bits per heavy atom. The van der Waals surface area contributed by atoms with Crippen molar-refractivity contribution in [2.75, 3.05) is 19.8 Å². The maximum Gasteiger partial charge on any atom is 0.255 e. The van der Waals surface area contributed by atoms with Crippen LogP contribution >= 0.6 is 0 Å². The van der Waals surface area contributed by atoms with Crippen LogP contribution in [0.4, 0.5) is 4.39 Å². The Bertz CT molecular complexity index is 1130. The maximum atomic E-state index is 14.7. The molecule has 3 aliphatic rings. The molecule has 2 amide bonds. The number of hydrogen-bond donors (Lipinski definition) is 3. The smallest absolute Gasteiger partial charge is 0.255 e. The molecule has 1 saturated carbocycles. The monoisotopic (exact) mass is 468 g/mol. The second-order valence-electron chi connectivity index (χ2n) is 9.36. The van der Waals surface area contributed by atoms with Gasteiger partial charge in [-0.15, -0.1) is 0 Å². The fraction of sp³-hybridized carbons (Fsp3) is 0.462. The maximum absolute atomic E-state index is 14.7. The molecule has 0 radical (unpaired) electrons. The van der Waals surface area contributed by atoms with Crippen LogP contribution in [0.15, 0.2) is 24.3 Å². The molecule has 2 aliphatic heterocycles. The summed E-state index contributed by atoms with van der Waals surface area (Å²) in [6, 6.07) is 6.25. The standard InChI is InChI=1S/C26H29FN2O5/c1-14-16(10-15-2-5-19(21(27)11-15)25(31)28-17-3-4-17)12-20(24-18(14)6-9-34-24)26(32)29-22-7-8-33-13-23(22)30/h2,5,11-12,17,22-23,30H,3-4,6-10,13H2,1H3,(H,28,31)(H,29,32)/t22-,23-/m0/s1. The molecule has 0 aromatic heterocycles. The molecule has 2 atom stereocenters. The molecule has 7 nitrogen and oxygen atoms in total. The quantitative estimate of drug-likeness (QED) is 0.605. The molecular weight excluding hydrogens is 439 g/mol. The molecule has 2 fully saturated rings. The Labute approximate surface area is 197 Å². The zero-order valence-electron chi connectivity index (χ0n) is 19.2. The van der Waals surface area contributed by atoms with Crippen LogP contribution in [0.2, 0.25) is 0 Å². The number of carbonyl (C=O) groups excluding carboxylic acids is 2. The van der Waals surface area contributed by atoms with Crippen molar-refractivity contribution in [3.63, 3.8) is 0 Å². The lowest BCUT2D eigenvalue weighted by molar-refractivity contribution is -0.0261. The summed E-state index contributed by atoms with van der Waals surface area (Å²) in [5.74, 6) is -0.655. The van der Waals surface area contributed by atoms with E-state index in [1.54, 1.807) is 12.1 Å². The lowest BCUT2D eigenvalue weighted by Crippen LogP contribution is -2.48. The highest BCUT2D eigenvalue weighted by molar-refractivity contribution is 5.98. The van der Waals surface area contributed by atoms with Gasteiger partial charge in [0.05, 0.1) is 36.5 Å². The summed E-state index contributed by atoms with van der Waals surface area (Å²) >= 11 is 0. The van der Waals surface area contributed by atoms with Gasteiger partial charge in [-0.1, -0.05) is 6.07 Å². The molecule has 1 aliphatic carbocycles. The van der Waals surface area contributed by atoms with Crippen molar-refractivity contribution in [2.24, 2.45) is 0 Å². The first kappa shape index (κ1) is 22.8. The largest absolute Gasteiger partial charge is 0.492 e.